The smallest absolute Gasteiger partial charge is 0.348 e. The van der Waals surface area contributed by atoms with E-state index in [9.17, 15) is 4.79 Å². The molecule has 0 saturated carbocycles. The van der Waals surface area contributed by atoms with Gasteiger partial charge in [-0.05, 0) is 31.2 Å². The van der Waals surface area contributed by atoms with E-state index >= 15 is 0 Å². The Balaban J connectivity index is 2.44. The van der Waals surface area contributed by atoms with Gasteiger partial charge < -0.3 is 14.2 Å². The zero-order valence-electron chi connectivity index (χ0n) is 13.6. The molecule has 0 radical (unpaired) electrons. The van der Waals surface area contributed by atoms with E-state index in [0.717, 1.165) is 5.56 Å². The molecule has 0 aliphatic heterocycles. The third kappa shape index (κ3) is 3.55. The molecule has 0 saturated heterocycles. The molecular formula is C17H17N3O4. The van der Waals surface area contributed by atoms with Crippen LogP contribution in [0.5, 0.6) is 11.5 Å². The Morgan fingerprint density at radius 2 is 2.08 bits per heavy atom. The van der Waals surface area contributed by atoms with Crippen molar-refractivity contribution in [2.24, 2.45) is 0 Å². The number of aromatic nitrogens is 2. The maximum Gasteiger partial charge on any atom is 0.348 e. The van der Waals surface area contributed by atoms with Crippen molar-refractivity contribution in [3.05, 3.63) is 35.5 Å². The molecule has 7 nitrogen and oxygen atoms in total. The van der Waals surface area contributed by atoms with Gasteiger partial charge in [-0.2, -0.15) is 10.4 Å². The molecule has 0 fully saturated rings. The predicted octanol–water partition coefficient (Wildman–Crippen LogP) is 2.56. The third-order valence-electron chi connectivity index (χ3n) is 3.26. The molecule has 2 aromatic rings. The van der Waals surface area contributed by atoms with Gasteiger partial charge in [-0.15, -0.1) is 0 Å². The number of carbonyl (C=O) groups is 1. The molecular weight excluding hydrogens is 310 g/mol. The maximum atomic E-state index is 11.8. The van der Waals surface area contributed by atoms with E-state index in [1.165, 1.54) is 12.3 Å². The number of nitrogens with zero attached hydrogens (tertiary/aromatic N) is 2. The maximum absolute atomic E-state index is 11.8. The number of aromatic amines is 1. The Hall–Kier alpha value is -3.27. The highest BCUT2D eigenvalue weighted by Crippen LogP contribution is 2.33. The first-order chi connectivity index (χ1) is 11.6. The van der Waals surface area contributed by atoms with Crippen LogP contribution < -0.4 is 9.47 Å². The molecule has 7 heteroatoms. The SMILES string of the molecule is CCOC(=O)/C(C#N)=C/c1cn[nH]c1-c1ccc(OC)c(OC)c1. The van der Waals surface area contributed by atoms with E-state index < -0.39 is 5.97 Å². The van der Waals surface area contributed by atoms with Crippen molar-refractivity contribution in [1.82, 2.24) is 10.2 Å². The summed E-state index contributed by atoms with van der Waals surface area (Å²) in [6.07, 6.45) is 2.97. The summed E-state index contributed by atoms with van der Waals surface area (Å²) in [5, 5.41) is 16.0. The largest absolute Gasteiger partial charge is 0.493 e. The fraction of sp³-hybridized carbons (Fsp3) is 0.235. The average molecular weight is 327 g/mol. The van der Waals surface area contributed by atoms with Crippen LogP contribution in [0.1, 0.15) is 12.5 Å². The average Bonchev–Trinajstić information content (AvgIpc) is 3.07. The van der Waals surface area contributed by atoms with Crippen molar-refractivity contribution in [2.45, 2.75) is 6.92 Å². The summed E-state index contributed by atoms with van der Waals surface area (Å²) < 4.78 is 15.4. The van der Waals surface area contributed by atoms with Gasteiger partial charge in [0.25, 0.3) is 0 Å². The van der Waals surface area contributed by atoms with Crippen molar-refractivity contribution in [3.63, 3.8) is 0 Å². The second-order valence-electron chi connectivity index (χ2n) is 4.66. The van der Waals surface area contributed by atoms with Crippen molar-refractivity contribution >= 4 is 12.0 Å². The third-order valence-corrected chi connectivity index (χ3v) is 3.26. The van der Waals surface area contributed by atoms with Crippen LogP contribution in [0.25, 0.3) is 17.3 Å². The first kappa shape index (κ1) is 17.1. The molecule has 1 heterocycles. The van der Waals surface area contributed by atoms with Gasteiger partial charge in [0.1, 0.15) is 11.6 Å². The monoisotopic (exact) mass is 327 g/mol. The van der Waals surface area contributed by atoms with E-state index in [1.54, 1.807) is 33.3 Å². The number of ether oxygens (including phenoxy) is 3. The second kappa shape index (κ2) is 7.83. The highest BCUT2D eigenvalue weighted by atomic mass is 16.5. The number of benzene rings is 1. The van der Waals surface area contributed by atoms with E-state index in [0.29, 0.717) is 22.8 Å². The van der Waals surface area contributed by atoms with Crippen LogP contribution in [0.2, 0.25) is 0 Å². The van der Waals surface area contributed by atoms with Crippen molar-refractivity contribution in [2.75, 3.05) is 20.8 Å². The minimum Gasteiger partial charge on any atom is -0.493 e. The van der Waals surface area contributed by atoms with E-state index in [4.69, 9.17) is 19.5 Å². The summed E-state index contributed by atoms with van der Waals surface area (Å²) >= 11 is 0. The number of nitrogens with one attached hydrogen (secondary N) is 1. The van der Waals surface area contributed by atoms with Crippen molar-refractivity contribution in [1.29, 1.82) is 5.26 Å². The lowest BCUT2D eigenvalue weighted by Crippen LogP contribution is -2.06. The van der Waals surface area contributed by atoms with Gasteiger partial charge in [-0.1, -0.05) is 0 Å². The van der Waals surface area contributed by atoms with Crippen LogP contribution in [-0.4, -0.2) is 37.0 Å². The molecule has 0 aliphatic carbocycles. The number of nitriles is 1. The van der Waals surface area contributed by atoms with Gasteiger partial charge in [-0.25, -0.2) is 4.79 Å². The molecule has 0 aliphatic rings. The van der Waals surface area contributed by atoms with Crippen LogP contribution in [-0.2, 0) is 9.53 Å². The Bertz CT molecular complexity index is 802. The van der Waals surface area contributed by atoms with Crippen LogP contribution in [0.4, 0.5) is 0 Å². The second-order valence-corrected chi connectivity index (χ2v) is 4.66. The van der Waals surface area contributed by atoms with Crippen LogP contribution in [0.3, 0.4) is 0 Å². The zero-order valence-corrected chi connectivity index (χ0v) is 13.6. The predicted molar refractivity (Wildman–Crippen MR) is 87.4 cm³/mol. The number of methoxy groups -OCH3 is 2. The lowest BCUT2D eigenvalue weighted by atomic mass is 10.1. The van der Waals surface area contributed by atoms with Gasteiger partial charge in [-0.3, -0.25) is 5.10 Å². The molecule has 0 unspecified atom stereocenters. The van der Waals surface area contributed by atoms with Crippen molar-refractivity contribution < 1.29 is 19.0 Å². The Morgan fingerprint density at radius 1 is 1.33 bits per heavy atom. The minimum atomic E-state index is -0.667. The highest BCUT2D eigenvalue weighted by molar-refractivity contribution is 5.98. The molecule has 2 rings (SSSR count). The summed E-state index contributed by atoms with van der Waals surface area (Å²) in [5.74, 6) is 0.493. The van der Waals surface area contributed by atoms with Gasteiger partial charge in [0.05, 0.1) is 32.7 Å². The van der Waals surface area contributed by atoms with Gasteiger partial charge in [0.15, 0.2) is 11.5 Å². The normalized spacial score (nSPS) is 10.8. The summed E-state index contributed by atoms with van der Waals surface area (Å²) in [6.45, 7) is 1.88. The molecule has 1 aromatic carbocycles. The first-order valence-electron chi connectivity index (χ1n) is 7.19. The lowest BCUT2D eigenvalue weighted by Gasteiger charge is -2.09. The lowest BCUT2D eigenvalue weighted by molar-refractivity contribution is -0.137. The van der Waals surface area contributed by atoms with Gasteiger partial charge >= 0.3 is 5.97 Å². The number of rotatable bonds is 6. The fourth-order valence-electron chi connectivity index (χ4n) is 2.13. The minimum absolute atomic E-state index is 0.0972. The van der Waals surface area contributed by atoms with E-state index in [-0.39, 0.29) is 12.2 Å². The standard InChI is InChI=1S/C17H17N3O4/c1-4-24-17(21)12(9-18)7-13-10-19-20-16(13)11-5-6-14(22-2)15(8-11)23-3/h5-8,10H,4H2,1-3H3,(H,19,20)/b12-7+. The number of H-pyrrole nitrogens is 1. The molecule has 0 bridgehead atoms. The van der Waals surface area contributed by atoms with Crippen LogP contribution >= 0.6 is 0 Å². The molecule has 24 heavy (non-hydrogen) atoms. The fourth-order valence-corrected chi connectivity index (χ4v) is 2.13. The van der Waals surface area contributed by atoms with E-state index in [1.807, 2.05) is 12.1 Å². The highest BCUT2D eigenvalue weighted by Gasteiger charge is 2.14. The van der Waals surface area contributed by atoms with Gasteiger partial charge in [0.2, 0.25) is 0 Å². The first-order valence-corrected chi connectivity index (χ1v) is 7.19. The zero-order chi connectivity index (χ0) is 17.5. The number of carbonyl (C=O) groups excluding carboxylic acids is 1. The number of hydrogen-bond acceptors (Lipinski definition) is 6. The van der Waals surface area contributed by atoms with Crippen LogP contribution in [0, 0.1) is 11.3 Å². The van der Waals surface area contributed by atoms with Crippen LogP contribution in [0.15, 0.2) is 30.0 Å². The molecule has 0 amide bonds. The topological polar surface area (TPSA) is 97.2 Å². The number of esters is 1. The quantitative estimate of drug-likeness (QED) is 0.497. The summed E-state index contributed by atoms with van der Waals surface area (Å²) in [4.78, 5) is 11.8. The Labute approximate surface area is 139 Å². The molecule has 0 spiro atoms. The number of hydrogen-bond donors (Lipinski definition) is 1. The molecule has 124 valence electrons. The summed E-state index contributed by atoms with van der Waals surface area (Å²) in [7, 11) is 3.10. The molecule has 0 atom stereocenters. The van der Waals surface area contributed by atoms with Gasteiger partial charge in [0, 0.05) is 11.1 Å². The van der Waals surface area contributed by atoms with Crippen molar-refractivity contribution in [3.8, 4) is 28.8 Å². The Morgan fingerprint density at radius 3 is 2.71 bits per heavy atom. The molecule has 1 aromatic heterocycles. The summed E-state index contributed by atoms with van der Waals surface area (Å²) in [6, 6.07) is 7.21. The molecule has 1 N–H and O–H groups in total. The van der Waals surface area contributed by atoms with E-state index in [2.05, 4.69) is 10.2 Å². The summed E-state index contributed by atoms with van der Waals surface area (Å²) in [5.41, 5.74) is 1.91. The Kier molecular flexibility index (Phi) is 5.58.